The van der Waals surface area contributed by atoms with Gasteiger partial charge in [-0.1, -0.05) is 24.3 Å². The molecule has 1 unspecified atom stereocenters. The molecule has 0 radical (unpaired) electrons. The van der Waals surface area contributed by atoms with Crippen LogP contribution in [0.15, 0.2) is 53.3 Å². The third-order valence-electron chi connectivity index (χ3n) is 4.14. The molecule has 1 aromatic heterocycles. The molecule has 0 bridgehead atoms. The number of aromatic nitrogens is 1. The number of hydrogen-bond acceptors (Lipinski definition) is 3. The number of nitrogens with zero attached hydrogens (tertiary/aromatic N) is 1. The van der Waals surface area contributed by atoms with Gasteiger partial charge in [0.05, 0.1) is 23.7 Å². The van der Waals surface area contributed by atoms with E-state index < -0.39 is 6.10 Å². The minimum Gasteiger partial charge on any atom is -0.390 e. The number of rotatable bonds is 4. The summed E-state index contributed by atoms with van der Waals surface area (Å²) in [5.41, 5.74) is 1.71. The van der Waals surface area contributed by atoms with Crippen LogP contribution in [0.1, 0.15) is 20.8 Å². The largest absolute Gasteiger partial charge is 0.390 e. The van der Waals surface area contributed by atoms with Gasteiger partial charge in [-0.2, -0.15) is 0 Å². The van der Waals surface area contributed by atoms with Crippen LogP contribution in [0.4, 0.5) is 0 Å². The molecule has 3 rings (SSSR count). The summed E-state index contributed by atoms with van der Waals surface area (Å²) in [6, 6.07) is 15.2. The van der Waals surface area contributed by atoms with Crippen molar-refractivity contribution in [1.29, 1.82) is 0 Å². The highest BCUT2D eigenvalue weighted by molar-refractivity contribution is 5.93. The molecule has 1 atom stereocenters. The van der Waals surface area contributed by atoms with E-state index in [1.54, 1.807) is 0 Å². The zero-order chi connectivity index (χ0) is 17.3. The smallest absolute Gasteiger partial charge is 0.197 e. The molecule has 0 aliphatic rings. The fourth-order valence-electron chi connectivity index (χ4n) is 2.97. The number of nitrogens with one attached hydrogen (secondary N) is 1. The second kappa shape index (κ2) is 6.38. The summed E-state index contributed by atoms with van der Waals surface area (Å²) < 4.78 is 2.04. The Kier molecular flexibility index (Phi) is 4.43. The first-order chi connectivity index (χ1) is 11.4. The molecule has 2 aromatic carbocycles. The van der Waals surface area contributed by atoms with Crippen LogP contribution in [-0.2, 0) is 6.54 Å². The molecular formula is C20H24N2O2. The number of aliphatic hydroxyl groups excluding tert-OH is 1. The van der Waals surface area contributed by atoms with Crippen molar-refractivity contribution in [2.75, 3.05) is 6.54 Å². The number of benzene rings is 2. The SMILES string of the molecule is CC(C)(C)NCC(O)Cn1c2ccccc2c(=O)c2ccccc21. The normalized spacial score (nSPS) is 13.5. The van der Waals surface area contributed by atoms with Crippen molar-refractivity contribution in [1.82, 2.24) is 9.88 Å². The lowest BCUT2D eigenvalue weighted by molar-refractivity contribution is 0.144. The lowest BCUT2D eigenvalue weighted by atomic mass is 10.1. The Hall–Kier alpha value is -2.17. The fourth-order valence-corrected chi connectivity index (χ4v) is 2.97. The van der Waals surface area contributed by atoms with Gasteiger partial charge in [0.15, 0.2) is 5.43 Å². The lowest BCUT2D eigenvalue weighted by Gasteiger charge is -2.24. The third-order valence-corrected chi connectivity index (χ3v) is 4.14. The monoisotopic (exact) mass is 324 g/mol. The Morgan fingerprint density at radius 3 is 2.00 bits per heavy atom. The summed E-state index contributed by atoms with van der Waals surface area (Å²) in [5.74, 6) is 0. The number of fused-ring (bicyclic) bond motifs is 2. The number of hydrogen-bond donors (Lipinski definition) is 2. The maximum absolute atomic E-state index is 12.7. The highest BCUT2D eigenvalue weighted by Gasteiger charge is 2.15. The summed E-state index contributed by atoms with van der Waals surface area (Å²) in [5, 5.41) is 15.2. The average Bonchev–Trinajstić information content (AvgIpc) is 2.56. The Balaban J connectivity index is 2.08. The van der Waals surface area contributed by atoms with E-state index in [1.165, 1.54) is 0 Å². The van der Waals surface area contributed by atoms with Gasteiger partial charge in [-0.05, 0) is 45.0 Å². The van der Waals surface area contributed by atoms with E-state index in [-0.39, 0.29) is 11.0 Å². The van der Waals surface area contributed by atoms with Crippen molar-refractivity contribution in [3.8, 4) is 0 Å². The highest BCUT2D eigenvalue weighted by atomic mass is 16.3. The predicted octanol–water partition coefficient (Wildman–Crippen LogP) is 2.90. The Bertz CT molecular complexity index is 862. The molecule has 0 saturated heterocycles. The van der Waals surface area contributed by atoms with E-state index in [1.807, 2.05) is 53.1 Å². The summed E-state index contributed by atoms with van der Waals surface area (Å²) in [7, 11) is 0. The molecule has 0 amide bonds. The van der Waals surface area contributed by atoms with Crippen molar-refractivity contribution < 1.29 is 5.11 Å². The van der Waals surface area contributed by atoms with E-state index in [4.69, 9.17) is 0 Å². The molecule has 3 aromatic rings. The van der Waals surface area contributed by atoms with Gasteiger partial charge < -0.3 is 15.0 Å². The zero-order valence-corrected chi connectivity index (χ0v) is 14.4. The molecule has 24 heavy (non-hydrogen) atoms. The number of β-amino-alcohol motifs (C(OH)–C–C–N with tert-alkyl or cyclic N) is 1. The van der Waals surface area contributed by atoms with Crippen LogP contribution in [-0.4, -0.2) is 27.9 Å². The minimum absolute atomic E-state index is 0.0414. The van der Waals surface area contributed by atoms with Crippen molar-refractivity contribution in [3.05, 3.63) is 58.8 Å². The summed E-state index contributed by atoms with van der Waals surface area (Å²) in [4.78, 5) is 12.7. The van der Waals surface area contributed by atoms with Crippen molar-refractivity contribution in [3.63, 3.8) is 0 Å². The molecule has 2 N–H and O–H groups in total. The van der Waals surface area contributed by atoms with Crippen LogP contribution in [0, 0.1) is 0 Å². The van der Waals surface area contributed by atoms with Gasteiger partial charge in [0.25, 0.3) is 0 Å². The molecule has 4 nitrogen and oxygen atoms in total. The van der Waals surface area contributed by atoms with Crippen molar-refractivity contribution in [2.45, 2.75) is 39.0 Å². The van der Waals surface area contributed by atoms with Gasteiger partial charge in [0, 0.05) is 22.9 Å². The second-order valence-electron chi connectivity index (χ2n) is 7.26. The van der Waals surface area contributed by atoms with E-state index in [0.29, 0.717) is 23.9 Å². The Labute approximate surface area is 141 Å². The molecule has 0 aliphatic heterocycles. The molecule has 0 aliphatic carbocycles. The topological polar surface area (TPSA) is 54.3 Å². The predicted molar refractivity (Wildman–Crippen MR) is 99.5 cm³/mol. The van der Waals surface area contributed by atoms with Crippen LogP contribution < -0.4 is 10.7 Å². The van der Waals surface area contributed by atoms with Crippen LogP contribution in [0.3, 0.4) is 0 Å². The van der Waals surface area contributed by atoms with E-state index in [0.717, 1.165) is 11.0 Å². The van der Waals surface area contributed by atoms with Crippen LogP contribution in [0.25, 0.3) is 21.8 Å². The van der Waals surface area contributed by atoms with Crippen molar-refractivity contribution >= 4 is 21.8 Å². The van der Waals surface area contributed by atoms with Gasteiger partial charge in [-0.15, -0.1) is 0 Å². The first kappa shape index (κ1) is 16.7. The minimum atomic E-state index is -0.543. The maximum atomic E-state index is 12.7. The lowest BCUT2D eigenvalue weighted by Crippen LogP contribution is -2.42. The van der Waals surface area contributed by atoms with Gasteiger partial charge in [-0.25, -0.2) is 0 Å². The summed E-state index contributed by atoms with van der Waals surface area (Å²) >= 11 is 0. The van der Waals surface area contributed by atoms with Crippen LogP contribution >= 0.6 is 0 Å². The molecule has 126 valence electrons. The van der Waals surface area contributed by atoms with Crippen LogP contribution in [0.2, 0.25) is 0 Å². The Morgan fingerprint density at radius 2 is 1.50 bits per heavy atom. The van der Waals surface area contributed by atoms with Gasteiger partial charge >= 0.3 is 0 Å². The number of para-hydroxylation sites is 2. The van der Waals surface area contributed by atoms with Crippen molar-refractivity contribution in [2.24, 2.45) is 0 Å². The molecule has 0 fully saturated rings. The quantitative estimate of drug-likeness (QED) is 0.726. The van der Waals surface area contributed by atoms with E-state index in [2.05, 4.69) is 26.1 Å². The number of pyridine rings is 1. The fraction of sp³-hybridized carbons (Fsp3) is 0.350. The van der Waals surface area contributed by atoms with Gasteiger partial charge in [0.2, 0.25) is 0 Å². The molecular weight excluding hydrogens is 300 g/mol. The standard InChI is InChI=1S/C20H24N2O2/c1-20(2,3)21-12-14(23)13-22-17-10-6-4-8-15(17)19(24)16-9-5-7-11-18(16)22/h4-11,14,21,23H,12-13H2,1-3H3. The first-order valence-electron chi connectivity index (χ1n) is 8.30. The second-order valence-corrected chi connectivity index (χ2v) is 7.26. The Morgan fingerprint density at radius 1 is 1.00 bits per heavy atom. The molecule has 0 saturated carbocycles. The zero-order valence-electron chi connectivity index (χ0n) is 14.4. The average molecular weight is 324 g/mol. The van der Waals surface area contributed by atoms with Crippen LogP contribution in [0.5, 0.6) is 0 Å². The molecule has 0 spiro atoms. The first-order valence-corrected chi connectivity index (χ1v) is 8.30. The number of aliphatic hydroxyl groups is 1. The third kappa shape index (κ3) is 3.35. The maximum Gasteiger partial charge on any atom is 0.197 e. The van der Waals surface area contributed by atoms with Gasteiger partial charge in [0.1, 0.15) is 0 Å². The van der Waals surface area contributed by atoms with E-state index in [9.17, 15) is 9.90 Å². The summed E-state index contributed by atoms with van der Waals surface area (Å²) in [6.07, 6.45) is -0.543. The highest BCUT2D eigenvalue weighted by Crippen LogP contribution is 2.19. The molecule has 1 heterocycles. The summed E-state index contributed by atoms with van der Waals surface area (Å²) in [6.45, 7) is 7.15. The van der Waals surface area contributed by atoms with E-state index >= 15 is 0 Å². The van der Waals surface area contributed by atoms with Gasteiger partial charge in [-0.3, -0.25) is 4.79 Å². The molecule has 4 heteroatoms.